The Bertz CT molecular complexity index is 693. The third-order valence-corrected chi connectivity index (χ3v) is 7.21. The minimum absolute atomic E-state index is 0.296. The molecule has 1 unspecified atom stereocenters. The predicted molar refractivity (Wildman–Crippen MR) is 89.9 cm³/mol. The molecule has 2 saturated heterocycles. The van der Waals surface area contributed by atoms with Crippen molar-refractivity contribution < 1.29 is 17.9 Å². The Morgan fingerprint density at radius 1 is 1.04 bits per heavy atom. The van der Waals surface area contributed by atoms with Crippen LogP contribution in [-0.4, -0.2) is 51.6 Å². The minimum atomic E-state index is -3.47. The Morgan fingerprint density at radius 2 is 1.79 bits per heavy atom. The van der Waals surface area contributed by atoms with Crippen LogP contribution in [0.3, 0.4) is 0 Å². The fraction of sp³-hybridized carbons (Fsp3) is 0.647. The van der Waals surface area contributed by atoms with Gasteiger partial charge in [-0.15, -0.1) is 0 Å². The average Bonchev–Trinajstić information content (AvgIpc) is 3.16. The molecule has 7 heteroatoms. The van der Waals surface area contributed by atoms with Gasteiger partial charge in [-0.2, -0.15) is 4.31 Å². The molecule has 0 bridgehead atoms. The minimum Gasteiger partial charge on any atom is -0.486 e. The highest BCUT2D eigenvalue weighted by molar-refractivity contribution is 7.89. The average molecular weight is 352 g/mol. The van der Waals surface area contributed by atoms with Crippen LogP contribution in [0, 0.1) is 5.92 Å². The Labute approximate surface area is 143 Å². The quantitative estimate of drug-likeness (QED) is 0.895. The first-order valence-electron chi connectivity index (χ1n) is 8.78. The van der Waals surface area contributed by atoms with Gasteiger partial charge in [0.15, 0.2) is 11.5 Å². The van der Waals surface area contributed by atoms with Crippen LogP contribution in [0.1, 0.15) is 25.7 Å². The van der Waals surface area contributed by atoms with E-state index in [0.717, 1.165) is 19.4 Å². The third kappa shape index (κ3) is 3.00. The number of hydrogen-bond donors (Lipinski definition) is 1. The van der Waals surface area contributed by atoms with Gasteiger partial charge in [0, 0.05) is 25.2 Å². The van der Waals surface area contributed by atoms with Crippen molar-refractivity contribution in [1.82, 2.24) is 9.62 Å². The fourth-order valence-corrected chi connectivity index (χ4v) is 5.45. The molecule has 0 saturated carbocycles. The monoisotopic (exact) mass is 352 g/mol. The number of sulfonamides is 1. The summed E-state index contributed by atoms with van der Waals surface area (Å²) in [6.07, 6.45) is 4.32. The van der Waals surface area contributed by atoms with E-state index in [-0.39, 0.29) is 0 Å². The van der Waals surface area contributed by atoms with Crippen molar-refractivity contribution in [3.63, 3.8) is 0 Å². The van der Waals surface area contributed by atoms with Gasteiger partial charge in [0.05, 0.1) is 4.90 Å². The zero-order valence-electron chi connectivity index (χ0n) is 13.7. The molecule has 6 nitrogen and oxygen atoms in total. The van der Waals surface area contributed by atoms with Crippen molar-refractivity contribution in [2.75, 3.05) is 32.8 Å². The summed E-state index contributed by atoms with van der Waals surface area (Å²) in [7, 11) is -3.47. The van der Waals surface area contributed by atoms with Crippen LogP contribution < -0.4 is 14.8 Å². The van der Waals surface area contributed by atoms with Crippen molar-refractivity contribution in [1.29, 1.82) is 0 Å². The maximum atomic E-state index is 12.9. The highest BCUT2D eigenvalue weighted by atomic mass is 32.2. The molecule has 1 atom stereocenters. The van der Waals surface area contributed by atoms with Gasteiger partial charge in [-0.3, -0.25) is 0 Å². The van der Waals surface area contributed by atoms with Crippen LogP contribution >= 0.6 is 0 Å². The molecular formula is C17H24N2O4S. The lowest BCUT2D eigenvalue weighted by Crippen LogP contribution is -2.43. The fourth-order valence-electron chi connectivity index (χ4n) is 3.97. The second-order valence-corrected chi connectivity index (χ2v) is 8.69. The summed E-state index contributed by atoms with van der Waals surface area (Å²) >= 11 is 0. The number of piperidine rings is 1. The molecule has 2 fully saturated rings. The van der Waals surface area contributed by atoms with E-state index in [2.05, 4.69) is 5.32 Å². The maximum Gasteiger partial charge on any atom is 0.243 e. The van der Waals surface area contributed by atoms with E-state index < -0.39 is 10.0 Å². The summed E-state index contributed by atoms with van der Waals surface area (Å²) < 4.78 is 38.4. The lowest BCUT2D eigenvalue weighted by molar-refractivity contribution is 0.171. The summed E-state index contributed by atoms with van der Waals surface area (Å²) in [5.41, 5.74) is 0. The van der Waals surface area contributed by atoms with Crippen LogP contribution in [0.4, 0.5) is 0 Å². The Balaban J connectivity index is 1.47. The van der Waals surface area contributed by atoms with E-state index in [4.69, 9.17) is 9.47 Å². The molecule has 0 aromatic heterocycles. The molecule has 132 valence electrons. The van der Waals surface area contributed by atoms with Gasteiger partial charge in [0.1, 0.15) is 13.2 Å². The molecule has 3 heterocycles. The smallest absolute Gasteiger partial charge is 0.243 e. The Hall–Kier alpha value is -1.31. The van der Waals surface area contributed by atoms with Gasteiger partial charge in [-0.25, -0.2) is 8.42 Å². The van der Waals surface area contributed by atoms with E-state index in [9.17, 15) is 8.42 Å². The summed E-state index contributed by atoms with van der Waals surface area (Å²) in [4.78, 5) is 0.296. The van der Waals surface area contributed by atoms with Crippen LogP contribution in [0.25, 0.3) is 0 Å². The number of fused-ring (bicyclic) bond motifs is 1. The first-order valence-corrected chi connectivity index (χ1v) is 10.2. The molecule has 4 rings (SSSR count). The molecule has 1 N–H and O–H groups in total. The largest absolute Gasteiger partial charge is 0.486 e. The molecule has 0 radical (unpaired) electrons. The van der Waals surface area contributed by atoms with Crippen molar-refractivity contribution in [2.24, 2.45) is 5.92 Å². The molecule has 1 aromatic carbocycles. The second-order valence-electron chi connectivity index (χ2n) is 6.75. The van der Waals surface area contributed by atoms with Gasteiger partial charge in [-0.05, 0) is 50.3 Å². The normalized spacial score (nSPS) is 25.8. The number of nitrogens with one attached hydrogen (secondary N) is 1. The van der Waals surface area contributed by atoms with E-state index in [1.807, 2.05) is 0 Å². The summed E-state index contributed by atoms with van der Waals surface area (Å²) in [6.45, 7) is 3.25. The lowest BCUT2D eigenvalue weighted by atomic mass is 9.89. The van der Waals surface area contributed by atoms with Crippen LogP contribution in [0.5, 0.6) is 11.5 Å². The highest BCUT2D eigenvalue weighted by Gasteiger charge is 2.34. The highest BCUT2D eigenvalue weighted by Crippen LogP contribution is 2.34. The van der Waals surface area contributed by atoms with Crippen LogP contribution in [0.2, 0.25) is 0 Å². The Morgan fingerprint density at radius 3 is 2.50 bits per heavy atom. The second kappa shape index (κ2) is 6.54. The Kier molecular flexibility index (Phi) is 4.40. The number of benzene rings is 1. The molecule has 0 spiro atoms. The number of ether oxygens (including phenoxy) is 2. The van der Waals surface area contributed by atoms with E-state index in [1.165, 1.54) is 12.8 Å². The maximum absolute atomic E-state index is 12.9. The van der Waals surface area contributed by atoms with Gasteiger partial charge in [0.25, 0.3) is 0 Å². The predicted octanol–water partition coefficient (Wildman–Crippen LogP) is 1.61. The molecule has 1 aromatic rings. The topological polar surface area (TPSA) is 67.9 Å². The van der Waals surface area contributed by atoms with Gasteiger partial charge >= 0.3 is 0 Å². The van der Waals surface area contributed by atoms with Crippen molar-refractivity contribution in [3.05, 3.63) is 18.2 Å². The first-order chi connectivity index (χ1) is 11.6. The molecule has 24 heavy (non-hydrogen) atoms. The third-order valence-electron chi connectivity index (χ3n) is 5.32. The van der Waals surface area contributed by atoms with Crippen molar-refractivity contribution >= 4 is 10.0 Å². The number of rotatable bonds is 3. The summed E-state index contributed by atoms with van der Waals surface area (Å²) in [5.74, 6) is 1.73. The molecule has 3 aliphatic rings. The summed E-state index contributed by atoms with van der Waals surface area (Å²) in [6, 6.07) is 5.47. The van der Waals surface area contributed by atoms with Crippen LogP contribution in [0.15, 0.2) is 23.1 Å². The molecule has 3 aliphatic heterocycles. The SMILES string of the molecule is O=S(=O)(c1ccc2c(c1)OCCO2)N1CCC(C2CCCN2)CC1. The number of nitrogens with zero attached hydrogens (tertiary/aromatic N) is 1. The van der Waals surface area contributed by atoms with E-state index >= 15 is 0 Å². The van der Waals surface area contributed by atoms with Crippen LogP contribution in [-0.2, 0) is 10.0 Å². The zero-order chi connectivity index (χ0) is 16.6. The lowest BCUT2D eigenvalue weighted by Gasteiger charge is -2.34. The zero-order valence-corrected chi connectivity index (χ0v) is 14.6. The van der Waals surface area contributed by atoms with Gasteiger partial charge < -0.3 is 14.8 Å². The van der Waals surface area contributed by atoms with Crippen molar-refractivity contribution in [3.8, 4) is 11.5 Å². The standard InChI is InChI=1S/C17H24N2O4S/c20-24(21,14-3-4-16-17(12-14)23-11-10-22-16)19-8-5-13(6-9-19)15-2-1-7-18-15/h3-4,12-13,15,18H,1-2,5-11H2. The first kappa shape index (κ1) is 16.2. The van der Waals surface area contributed by atoms with E-state index in [0.29, 0.717) is 54.7 Å². The van der Waals surface area contributed by atoms with Gasteiger partial charge in [0.2, 0.25) is 10.0 Å². The number of hydrogen-bond acceptors (Lipinski definition) is 5. The van der Waals surface area contributed by atoms with E-state index in [1.54, 1.807) is 22.5 Å². The molecule has 0 aliphatic carbocycles. The van der Waals surface area contributed by atoms with Crippen molar-refractivity contribution in [2.45, 2.75) is 36.6 Å². The molecule has 0 amide bonds. The van der Waals surface area contributed by atoms with Gasteiger partial charge in [-0.1, -0.05) is 0 Å². The summed E-state index contributed by atoms with van der Waals surface area (Å²) in [5, 5.41) is 3.55. The molecular weight excluding hydrogens is 328 g/mol.